The highest BCUT2D eigenvalue weighted by atomic mass is 19.2. The lowest BCUT2D eigenvalue weighted by atomic mass is 10.2. The van der Waals surface area contributed by atoms with E-state index in [1.807, 2.05) is 0 Å². The second-order valence-electron chi connectivity index (χ2n) is 5.31. The highest BCUT2D eigenvalue weighted by Gasteiger charge is 2.15. The standard InChI is InChI=1S/C15H19F2N3O/c16-13-6-5-12(9-14(13)17)10-18-19-15(21)11-20-7-3-1-2-4-8-20/h5-6,9-10H,1-4,7-8,11H2,(H,19,21)/p+1/b18-10-. The molecule has 0 saturated carbocycles. The zero-order valence-electron chi connectivity index (χ0n) is 11.9. The number of carbonyl (C=O) groups is 1. The Balaban J connectivity index is 1.79. The molecule has 1 fully saturated rings. The molecule has 1 saturated heterocycles. The Morgan fingerprint density at radius 1 is 1.19 bits per heavy atom. The average molecular weight is 296 g/mol. The van der Waals surface area contributed by atoms with Crippen molar-refractivity contribution in [3.8, 4) is 0 Å². The van der Waals surface area contributed by atoms with Crippen LogP contribution in [0.5, 0.6) is 0 Å². The summed E-state index contributed by atoms with van der Waals surface area (Å²) in [4.78, 5) is 13.0. The first-order valence-electron chi connectivity index (χ1n) is 7.25. The molecule has 0 aromatic heterocycles. The van der Waals surface area contributed by atoms with Gasteiger partial charge in [0.1, 0.15) is 0 Å². The Morgan fingerprint density at radius 2 is 1.90 bits per heavy atom. The fourth-order valence-electron chi connectivity index (χ4n) is 2.44. The smallest absolute Gasteiger partial charge is 0.295 e. The molecule has 0 radical (unpaired) electrons. The summed E-state index contributed by atoms with van der Waals surface area (Å²) < 4.78 is 25.7. The zero-order valence-corrected chi connectivity index (χ0v) is 11.9. The normalized spacial score (nSPS) is 16.9. The summed E-state index contributed by atoms with van der Waals surface area (Å²) in [6, 6.07) is 3.46. The van der Waals surface area contributed by atoms with Gasteiger partial charge in [-0.15, -0.1) is 0 Å². The van der Waals surface area contributed by atoms with Crippen LogP contribution < -0.4 is 10.3 Å². The third kappa shape index (κ3) is 5.23. The van der Waals surface area contributed by atoms with Gasteiger partial charge in [-0.05, 0) is 43.4 Å². The number of hydrogen-bond donors (Lipinski definition) is 2. The first-order chi connectivity index (χ1) is 10.1. The van der Waals surface area contributed by atoms with Crippen LogP contribution in [-0.4, -0.2) is 31.8 Å². The van der Waals surface area contributed by atoms with E-state index >= 15 is 0 Å². The fraction of sp³-hybridized carbons (Fsp3) is 0.467. The van der Waals surface area contributed by atoms with Crippen LogP contribution in [-0.2, 0) is 4.79 Å². The lowest BCUT2D eigenvalue weighted by Gasteiger charge is -2.15. The Bertz CT molecular complexity index is 512. The van der Waals surface area contributed by atoms with Gasteiger partial charge in [0.05, 0.1) is 19.3 Å². The molecule has 1 aromatic carbocycles. The maximum Gasteiger partial charge on any atom is 0.295 e. The molecule has 4 nitrogen and oxygen atoms in total. The van der Waals surface area contributed by atoms with Crippen LogP contribution in [0.4, 0.5) is 8.78 Å². The molecule has 1 heterocycles. The molecule has 114 valence electrons. The number of nitrogens with one attached hydrogen (secondary N) is 2. The number of amides is 1. The molecule has 0 spiro atoms. The zero-order chi connectivity index (χ0) is 15.1. The molecular weight excluding hydrogens is 276 g/mol. The number of halogens is 2. The topological polar surface area (TPSA) is 45.9 Å². The minimum atomic E-state index is -0.931. The third-order valence-corrected chi connectivity index (χ3v) is 3.57. The molecule has 2 rings (SSSR count). The summed E-state index contributed by atoms with van der Waals surface area (Å²) >= 11 is 0. The predicted molar refractivity (Wildman–Crippen MR) is 76.1 cm³/mol. The lowest BCUT2D eigenvalue weighted by molar-refractivity contribution is -0.891. The van der Waals surface area contributed by atoms with Crippen LogP contribution in [0.25, 0.3) is 0 Å². The molecule has 2 N–H and O–H groups in total. The number of hydrogen-bond acceptors (Lipinski definition) is 2. The lowest BCUT2D eigenvalue weighted by Crippen LogP contribution is -3.13. The molecule has 1 amide bonds. The van der Waals surface area contributed by atoms with Gasteiger partial charge in [-0.25, -0.2) is 14.2 Å². The van der Waals surface area contributed by atoms with Crippen LogP contribution in [0.1, 0.15) is 31.2 Å². The van der Waals surface area contributed by atoms with Gasteiger partial charge in [0.25, 0.3) is 5.91 Å². The largest absolute Gasteiger partial charge is 0.327 e. The molecular formula is C15H20F2N3O+. The van der Waals surface area contributed by atoms with E-state index < -0.39 is 11.6 Å². The highest BCUT2D eigenvalue weighted by molar-refractivity contribution is 5.82. The van der Waals surface area contributed by atoms with Crippen molar-refractivity contribution in [3.05, 3.63) is 35.4 Å². The summed E-state index contributed by atoms with van der Waals surface area (Å²) in [5.74, 6) is -1.99. The van der Waals surface area contributed by atoms with Crippen molar-refractivity contribution in [3.63, 3.8) is 0 Å². The van der Waals surface area contributed by atoms with Crippen molar-refractivity contribution in [2.45, 2.75) is 25.7 Å². The summed E-state index contributed by atoms with van der Waals surface area (Å²) in [5.41, 5.74) is 2.83. The minimum Gasteiger partial charge on any atom is -0.327 e. The molecule has 21 heavy (non-hydrogen) atoms. The van der Waals surface area contributed by atoms with Crippen molar-refractivity contribution in [2.24, 2.45) is 5.10 Å². The van der Waals surface area contributed by atoms with Crippen LogP contribution in [0.2, 0.25) is 0 Å². The number of quaternary nitrogens is 1. The number of benzene rings is 1. The van der Waals surface area contributed by atoms with Gasteiger partial charge in [0.2, 0.25) is 0 Å². The van der Waals surface area contributed by atoms with Gasteiger partial charge in [-0.2, -0.15) is 5.10 Å². The predicted octanol–water partition coefficient (Wildman–Crippen LogP) is 0.874. The van der Waals surface area contributed by atoms with Crippen molar-refractivity contribution >= 4 is 12.1 Å². The van der Waals surface area contributed by atoms with Crippen LogP contribution in [0, 0.1) is 11.6 Å². The van der Waals surface area contributed by atoms with Crippen molar-refractivity contribution in [2.75, 3.05) is 19.6 Å². The van der Waals surface area contributed by atoms with E-state index in [4.69, 9.17) is 0 Å². The Morgan fingerprint density at radius 3 is 2.57 bits per heavy atom. The van der Waals surface area contributed by atoms with Gasteiger partial charge in [-0.3, -0.25) is 4.79 Å². The van der Waals surface area contributed by atoms with Gasteiger partial charge in [0, 0.05) is 0 Å². The van der Waals surface area contributed by atoms with Crippen LogP contribution >= 0.6 is 0 Å². The van der Waals surface area contributed by atoms with E-state index in [9.17, 15) is 13.6 Å². The number of likely N-dealkylation sites (tertiary alicyclic amines) is 1. The molecule has 0 aliphatic carbocycles. The first kappa shape index (κ1) is 15.6. The van der Waals surface area contributed by atoms with E-state index in [1.54, 1.807) is 0 Å². The van der Waals surface area contributed by atoms with Gasteiger partial charge < -0.3 is 4.90 Å². The number of hydrazone groups is 1. The quantitative estimate of drug-likeness (QED) is 0.629. The SMILES string of the molecule is O=C(C[NH+]1CCCCCC1)N/N=C\c1ccc(F)c(F)c1. The number of carbonyl (C=O) groups excluding carboxylic acids is 1. The molecule has 1 aromatic rings. The summed E-state index contributed by atoms with van der Waals surface area (Å²) in [7, 11) is 0. The second kappa shape index (κ2) is 7.83. The Hall–Kier alpha value is -1.82. The van der Waals surface area contributed by atoms with Crippen LogP contribution in [0.3, 0.4) is 0 Å². The van der Waals surface area contributed by atoms with E-state index in [2.05, 4.69) is 10.5 Å². The maximum atomic E-state index is 13.0. The van der Waals surface area contributed by atoms with Crippen LogP contribution in [0.15, 0.2) is 23.3 Å². The maximum absolute atomic E-state index is 13.0. The molecule has 6 heteroatoms. The second-order valence-corrected chi connectivity index (χ2v) is 5.31. The van der Waals surface area contributed by atoms with E-state index in [0.29, 0.717) is 12.1 Å². The third-order valence-electron chi connectivity index (χ3n) is 3.57. The number of nitrogens with zero attached hydrogens (tertiary/aromatic N) is 1. The Kier molecular flexibility index (Phi) is 5.80. The van der Waals surface area contributed by atoms with Gasteiger partial charge in [0.15, 0.2) is 18.2 Å². The van der Waals surface area contributed by atoms with Crippen molar-refractivity contribution < 1.29 is 18.5 Å². The molecule has 1 aliphatic rings. The Labute approximate surface area is 122 Å². The van der Waals surface area contributed by atoms with E-state index in [0.717, 1.165) is 38.1 Å². The van der Waals surface area contributed by atoms with E-state index in [-0.39, 0.29) is 5.91 Å². The molecule has 0 atom stereocenters. The summed E-state index contributed by atoms with van der Waals surface area (Å²) in [6.07, 6.45) is 6.08. The highest BCUT2D eigenvalue weighted by Crippen LogP contribution is 2.06. The van der Waals surface area contributed by atoms with E-state index in [1.165, 1.54) is 30.0 Å². The summed E-state index contributed by atoms with van der Waals surface area (Å²) in [6.45, 7) is 2.43. The summed E-state index contributed by atoms with van der Waals surface area (Å²) in [5, 5.41) is 3.77. The van der Waals surface area contributed by atoms with Gasteiger partial charge in [-0.1, -0.05) is 6.07 Å². The molecule has 0 unspecified atom stereocenters. The monoisotopic (exact) mass is 296 g/mol. The minimum absolute atomic E-state index is 0.161. The number of rotatable bonds is 4. The van der Waals surface area contributed by atoms with Crippen molar-refractivity contribution in [1.29, 1.82) is 0 Å². The fourth-order valence-corrected chi connectivity index (χ4v) is 2.44. The van der Waals surface area contributed by atoms with Gasteiger partial charge >= 0.3 is 0 Å². The first-order valence-corrected chi connectivity index (χ1v) is 7.25. The molecule has 0 bridgehead atoms. The average Bonchev–Trinajstić information content (AvgIpc) is 2.71. The van der Waals surface area contributed by atoms with Crippen molar-refractivity contribution in [1.82, 2.24) is 5.43 Å². The molecule has 1 aliphatic heterocycles.